The molecule has 0 bridgehead atoms. The summed E-state index contributed by atoms with van der Waals surface area (Å²) in [6.45, 7) is 2.19. The average Bonchev–Trinajstić information content (AvgIpc) is 2.81. The topological polar surface area (TPSA) is 58.6 Å². The average molecular weight is 310 g/mol. The number of para-hydroxylation sites is 1. The number of benzene rings is 2. The van der Waals surface area contributed by atoms with E-state index < -0.39 is 11.6 Å². The summed E-state index contributed by atoms with van der Waals surface area (Å²) in [5.74, 6) is 0.454. The van der Waals surface area contributed by atoms with E-state index in [2.05, 4.69) is 5.32 Å². The monoisotopic (exact) mass is 310 g/mol. The van der Waals surface area contributed by atoms with Gasteiger partial charge in [0.25, 0.3) is 5.91 Å². The van der Waals surface area contributed by atoms with Crippen LogP contribution in [0.3, 0.4) is 0 Å². The molecule has 0 spiro atoms. The molecule has 23 heavy (non-hydrogen) atoms. The van der Waals surface area contributed by atoms with Crippen molar-refractivity contribution >= 4 is 11.9 Å². The van der Waals surface area contributed by atoms with Gasteiger partial charge in [0.2, 0.25) is 0 Å². The third-order valence-corrected chi connectivity index (χ3v) is 3.95. The standard InChI is InChI=1S/C18H18N2O3/c1-18(14-8-4-2-5-9-14)16(21)20(17(22)19-18)12-13-23-15-10-6-3-7-11-15/h2-11H,12-13H2,1H3,(H,19,22)/t18-/m1/s1. The first-order chi connectivity index (χ1) is 11.1. The van der Waals surface area contributed by atoms with Crippen LogP contribution in [0.15, 0.2) is 60.7 Å². The first-order valence-corrected chi connectivity index (χ1v) is 7.49. The number of ether oxygens (including phenoxy) is 1. The highest BCUT2D eigenvalue weighted by Crippen LogP contribution is 2.28. The van der Waals surface area contributed by atoms with Gasteiger partial charge in [0.05, 0.1) is 6.54 Å². The number of hydrogen-bond donors (Lipinski definition) is 1. The van der Waals surface area contributed by atoms with E-state index in [0.717, 1.165) is 5.56 Å². The van der Waals surface area contributed by atoms with Crippen LogP contribution in [-0.2, 0) is 10.3 Å². The smallest absolute Gasteiger partial charge is 0.325 e. The molecule has 118 valence electrons. The molecule has 0 aromatic heterocycles. The van der Waals surface area contributed by atoms with Crippen molar-refractivity contribution in [2.24, 2.45) is 0 Å². The van der Waals surface area contributed by atoms with E-state index in [1.807, 2.05) is 60.7 Å². The molecule has 2 aromatic rings. The van der Waals surface area contributed by atoms with Crippen LogP contribution in [0.4, 0.5) is 4.79 Å². The Balaban J connectivity index is 1.67. The summed E-state index contributed by atoms with van der Waals surface area (Å²) >= 11 is 0. The lowest BCUT2D eigenvalue weighted by Gasteiger charge is -2.22. The highest BCUT2D eigenvalue weighted by atomic mass is 16.5. The molecule has 3 amide bonds. The van der Waals surface area contributed by atoms with Crippen LogP contribution in [0.25, 0.3) is 0 Å². The number of hydrogen-bond acceptors (Lipinski definition) is 3. The quantitative estimate of drug-likeness (QED) is 0.863. The summed E-state index contributed by atoms with van der Waals surface area (Å²) in [6, 6.07) is 18.2. The largest absolute Gasteiger partial charge is 0.492 e. The van der Waals surface area contributed by atoms with Crippen molar-refractivity contribution in [3.8, 4) is 5.75 Å². The van der Waals surface area contributed by atoms with Gasteiger partial charge in [-0.1, -0.05) is 48.5 Å². The predicted molar refractivity (Wildman–Crippen MR) is 86.0 cm³/mol. The molecule has 1 atom stereocenters. The third-order valence-electron chi connectivity index (χ3n) is 3.95. The highest BCUT2D eigenvalue weighted by molar-refractivity contribution is 6.07. The minimum atomic E-state index is -1.02. The molecular weight excluding hydrogens is 292 g/mol. The van der Waals surface area contributed by atoms with E-state index in [9.17, 15) is 9.59 Å². The first-order valence-electron chi connectivity index (χ1n) is 7.49. The number of carbonyl (C=O) groups is 2. The lowest BCUT2D eigenvalue weighted by atomic mass is 9.92. The predicted octanol–water partition coefficient (Wildman–Crippen LogP) is 2.53. The van der Waals surface area contributed by atoms with Gasteiger partial charge in [0, 0.05) is 0 Å². The maximum Gasteiger partial charge on any atom is 0.325 e. The van der Waals surface area contributed by atoms with Crippen LogP contribution in [0.2, 0.25) is 0 Å². The van der Waals surface area contributed by atoms with Gasteiger partial charge in [-0.3, -0.25) is 9.69 Å². The molecule has 0 radical (unpaired) electrons. The molecule has 2 aromatic carbocycles. The first kappa shape index (κ1) is 15.1. The highest BCUT2D eigenvalue weighted by Gasteiger charge is 2.48. The van der Waals surface area contributed by atoms with Gasteiger partial charge >= 0.3 is 6.03 Å². The van der Waals surface area contributed by atoms with E-state index in [4.69, 9.17) is 4.74 Å². The minimum Gasteiger partial charge on any atom is -0.492 e. The zero-order valence-corrected chi connectivity index (χ0v) is 12.9. The number of carbonyl (C=O) groups excluding carboxylic acids is 2. The molecule has 1 heterocycles. The van der Waals surface area contributed by atoms with Crippen molar-refractivity contribution in [1.82, 2.24) is 10.2 Å². The molecule has 1 saturated heterocycles. The van der Waals surface area contributed by atoms with Gasteiger partial charge in [-0.2, -0.15) is 0 Å². The molecule has 3 rings (SSSR count). The Hall–Kier alpha value is -2.82. The summed E-state index contributed by atoms with van der Waals surface area (Å²) in [7, 11) is 0. The molecule has 1 aliphatic rings. The van der Waals surface area contributed by atoms with Crippen molar-refractivity contribution in [3.05, 3.63) is 66.2 Å². The van der Waals surface area contributed by atoms with Crippen LogP contribution < -0.4 is 10.1 Å². The molecule has 1 aliphatic heterocycles. The van der Waals surface area contributed by atoms with E-state index in [-0.39, 0.29) is 19.1 Å². The van der Waals surface area contributed by atoms with Crippen molar-refractivity contribution in [3.63, 3.8) is 0 Å². The Kier molecular flexibility index (Phi) is 4.02. The van der Waals surface area contributed by atoms with E-state index in [0.29, 0.717) is 5.75 Å². The molecule has 0 unspecified atom stereocenters. The van der Waals surface area contributed by atoms with Crippen molar-refractivity contribution in [2.75, 3.05) is 13.2 Å². The van der Waals surface area contributed by atoms with Gasteiger partial charge in [-0.15, -0.1) is 0 Å². The Bertz CT molecular complexity index is 703. The molecular formula is C18H18N2O3. The fourth-order valence-corrected chi connectivity index (χ4v) is 2.64. The summed E-state index contributed by atoms with van der Waals surface area (Å²) < 4.78 is 5.56. The van der Waals surface area contributed by atoms with Crippen LogP contribution in [-0.4, -0.2) is 30.0 Å². The minimum absolute atomic E-state index is 0.210. The normalized spacial score (nSPS) is 20.5. The number of nitrogens with zero attached hydrogens (tertiary/aromatic N) is 1. The molecule has 1 N–H and O–H groups in total. The molecule has 1 fully saturated rings. The lowest BCUT2D eigenvalue weighted by Crippen LogP contribution is -2.41. The third kappa shape index (κ3) is 2.90. The molecule has 5 heteroatoms. The van der Waals surface area contributed by atoms with Crippen molar-refractivity contribution in [1.29, 1.82) is 0 Å². The van der Waals surface area contributed by atoms with Crippen LogP contribution >= 0.6 is 0 Å². The number of nitrogens with one attached hydrogen (secondary N) is 1. The fourth-order valence-electron chi connectivity index (χ4n) is 2.64. The van der Waals surface area contributed by atoms with Crippen molar-refractivity contribution in [2.45, 2.75) is 12.5 Å². The van der Waals surface area contributed by atoms with Gasteiger partial charge in [-0.25, -0.2) is 4.79 Å². The number of rotatable bonds is 5. The Morgan fingerprint density at radius 3 is 2.26 bits per heavy atom. The summed E-state index contributed by atoms with van der Waals surface area (Å²) in [5.41, 5.74) is -0.254. The summed E-state index contributed by atoms with van der Waals surface area (Å²) in [4.78, 5) is 26.0. The zero-order valence-electron chi connectivity index (χ0n) is 12.9. The second-order valence-electron chi connectivity index (χ2n) is 5.54. The van der Waals surface area contributed by atoms with Gasteiger partial charge < -0.3 is 10.1 Å². The van der Waals surface area contributed by atoms with E-state index in [1.54, 1.807) is 6.92 Å². The molecule has 0 aliphatic carbocycles. The molecule has 5 nitrogen and oxygen atoms in total. The van der Waals surface area contributed by atoms with Gasteiger partial charge in [0.1, 0.15) is 17.9 Å². The number of amides is 3. The maximum absolute atomic E-state index is 12.7. The molecule has 0 saturated carbocycles. The number of urea groups is 1. The van der Waals surface area contributed by atoms with Crippen molar-refractivity contribution < 1.29 is 14.3 Å². The maximum atomic E-state index is 12.7. The summed E-state index contributed by atoms with van der Waals surface area (Å²) in [5, 5.41) is 2.78. The zero-order chi connectivity index (χ0) is 16.3. The van der Waals surface area contributed by atoms with Gasteiger partial charge in [-0.05, 0) is 24.6 Å². The Labute approximate surface area is 134 Å². The van der Waals surface area contributed by atoms with Crippen LogP contribution in [0, 0.1) is 0 Å². The Morgan fingerprint density at radius 1 is 1.00 bits per heavy atom. The van der Waals surface area contributed by atoms with E-state index in [1.165, 1.54) is 4.90 Å². The number of imide groups is 1. The Morgan fingerprint density at radius 2 is 1.61 bits per heavy atom. The summed E-state index contributed by atoms with van der Waals surface area (Å²) in [6.07, 6.45) is 0. The second-order valence-corrected chi connectivity index (χ2v) is 5.54. The fraction of sp³-hybridized carbons (Fsp3) is 0.222. The lowest BCUT2D eigenvalue weighted by molar-refractivity contribution is -0.131. The SMILES string of the molecule is C[C@]1(c2ccccc2)NC(=O)N(CCOc2ccccc2)C1=O. The van der Waals surface area contributed by atoms with Crippen LogP contribution in [0.5, 0.6) is 5.75 Å². The van der Waals surface area contributed by atoms with E-state index >= 15 is 0 Å². The van der Waals surface area contributed by atoms with Crippen LogP contribution in [0.1, 0.15) is 12.5 Å². The second kappa shape index (κ2) is 6.12. The van der Waals surface area contributed by atoms with Gasteiger partial charge in [0.15, 0.2) is 0 Å².